The molecule has 0 radical (unpaired) electrons. The molecule has 6 rings (SSSR count). The second-order valence-corrected chi connectivity index (χ2v) is 12.0. The number of rotatable bonds is 3. The number of phenolic OH excluding ortho intramolecular Hbond substituents is 2. The Morgan fingerprint density at radius 2 is 0.971 bits per heavy atom. The number of benzene rings is 4. The third-order valence-corrected chi connectivity index (χ3v) is 10.3. The van der Waals surface area contributed by atoms with Crippen molar-refractivity contribution in [3.8, 4) is 11.5 Å². The highest BCUT2D eigenvalue weighted by molar-refractivity contribution is 8.76. The van der Waals surface area contributed by atoms with Gasteiger partial charge >= 0.3 is 0 Å². The van der Waals surface area contributed by atoms with Crippen LogP contribution in [0.15, 0.2) is 92.2 Å². The molecule has 0 saturated carbocycles. The molecule has 8 heteroatoms. The molecule has 4 aromatic carbocycles. The van der Waals surface area contributed by atoms with Gasteiger partial charge in [-0.25, -0.2) is 0 Å². The number of fused-ring (bicyclic) bond motifs is 4. The smallest absolute Gasteiger partial charge is 0.196 e. The largest absolute Gasteiger partial charge is 0.506 e. The van der Waals surface area contributed by atoms with Crippen LogP contribution in [0, 0.1) is 0 Å². The second-order valence-electron chi connectivity index (χ2n) is 7.66. The van der Waals surface area contributed by atoms with Gasteiger partial charge in [-0.3, -0.25) is 9.59 Å². The molecule has 0 bridgehead atoms. The zero-order chi connectivity index (χ0) is 23.4. The molecule has 0 aliphatic carbocycles. The van der Waals surface area contributed by atoms with Crippen molar-refractivity contribution in [3.05, 3.63) is 93.2 Å². The topological polar surface area (TPSA) is 74.6 Å². The molecule has 0 aliphatic heterocycles. The Bertz CT molecular complexity index is 1750. The third kappa shape index (κ3) is 3.54. The van der Waals surface area contributed by atoms with Crippen molar-refractivity contribution >= 4 is 84.6 Å². The lowest BCUT2D eigenvalue weighted by molar-refractivity contribution is 0.480. The minimum absolute atomic E-state index is 0.0601. The van der Waals surface area contributed by atoms with E-state index in [1.807, 2.05) is 36.4 Å². The summed E-state index contributed by atoms with van der Waals surface area (Å²) in [7, 11) is 2.71. The first kappa shape index (κ1) is 21.5. The molecule has 166 valence electrons. The molecule has 0 atom stereocenters. The quantitative estimate of drug-likeness (QED) is 0.188. The van der Waals surface area contributed by atoms with Gasteiger partial charge in [0.15, 0.2) is 10.9 Å². The van der Waals surface area contributed by atoms with Crippen molar-refractivity contribution in [2.45, 2.75) is 9.79 Å². The van der Waals surface area contributed by atoms with Crippen molar-refractivity contribution in [1.82, 2.24) is 0 Å². The predicted octanol–water partition coefficient (Wildman–Crippen LogP) is 7.35. The first-order valence-electron chi connectivity index (χ1n) is 10.2. The van der Waals surface area contributed by atoms with E-state index >= 15 is 0 Å². The number of aromatic hydroxyl groups is 2. The summed E-state index contributed by atoms with van der Waals surface area (Å²) in [4.78, 5) is 27.4. The maximum atomic E-state index is 13.0. The summed E-state index contributed by atoms with van der Waals surface area (Å²) in [5, 5.41) is 23.5. The molecule has 2 heterocycles. The van der Waals surface area contributed by atoms with Crippen molar-refractivity contribution in [2.24, 2.45) is 0 Å². The average molecular weight is 519 g/mol. The maximum absolute atomic E-state index is 13.0. The van der Waals surface area contributed by atoms with Gasteiger partial charge in [0.1, 0.15) is 11.5 Å². The average Bonchev–Trinajstić information content (AvgIpc) is 2.84. The summed E-state index contributed by atoms with van der Waals surface area (Å²) in [5.74, 6) is 0.120. The van der Waals surface area contributed by atoms with Gasteiger partial charge in [0.25, 0.3) is 0 Å². The van der Waals surface area contributed by atoms with E-state index in [2.05, 4.69) is 0 Å². The highest BCUT2D eigenvalue weighted by atomic mass is 33.1. The predicted molar refractivity (Wildman–Crippen MR) is 146 cm³/mol. The first-order chi connectivity index (χ1) is 16.5. The zero-order valence-corrected chi connectivity index (χ0v) is 20.5. The first-order valence-corrected chi connectivity index (χ1v) is 14.0. The van der Waals surface area contributed by atoms with Gasteiger partial charge in [-0.05, 0) is 48.5 Å². The fourth-order valence-corrected chi connectivity index (χ4v) is 8.04. The zero-order valence-electron chi connectivity index (χ0n) is 17.3. The van der Waals surface area contributed by atoms with Gasteiger partial charge in [-0.1, -0.05) is 45.9 Å². The molecule has 0 fully saturated rings. The molecular formula is C26H14O4S4. The molecule has 2 aromatic heterocycles. The van der Waals surface area contributed by atoms with Gasteiger partial charge < -0.3 is 10.2 Å². The molecule has 0 saturated heterocycles. The molecule has 34 heavy (non-hydrogen) atoms. The minimum Gasteiger partial charge on any atom is -0.506 e. The van der Waals surface area contributed by atoms with Crippen LogP contribution in [-0.2, 0) is 0 Å². The van der Waals surface area contributed by atoms with E-state index in [4.69, 9.17) is 0 Å². The molecule has 0 unspecified atom stereocenters. The van der Waals surface area contributed by atoms with Gasteiger partial charge in [0, 0.05) is 40.7 Å². The Labute approximate surface area is 208 Å². The SMILES string of the molecule is O=c1c2ccccc2sc2c(O)cc(SSc3cc(O)c4sc5ccccc5c(=O)c4c3)cc12. The van der Waals surface area contributed by atoms with Crippen LogP contribution in [0.1, 0.15) is 0 Å². The normalized spacial score (nSPS) is 11.6. The van der Waals surface area contributed by atoms with E-state index in [1.165, 1.54) is 44.3 Å². The van der Waals surface area contributed by atoms with Crippen LogP contribution >= 0.6 is 44.3 Å². The summed E-state index contributed by atoms with van der Waals surface area (Å²) in [5.41, 5.74) is -0.223. The van der Waals surface area contributed by atoms with E-state index in [1.54, 1.807) is 36.4 Å². The summed E-state index contributed by atoms with van der Waals surface area (Å²) in [6.45, 7) is 0. The number of hydrogen-bond acceptors (Lipinski definition) is 8. The van der Waals surface area contributed by atoms with E-state index < -0.39 is 0 Å². The molecule has 2 N–H and O–H groups in total. The molecule has 0 spiro atoms. The minimum atomic E-state index is -0.111. The maximum Gasteiger partial charge on any atom is 0.196 e. The van der Waals surface area contributed by atoms with Crippen molar-refractivity contribution < 1.29 is 10.2 Å². The molecule has 6 aromatic rings. The fourth-order valence-electron chi connectivity index (χ4n) is 3.92. The Morgan fingerprint density at radius 3 is 1.41 bits per heavy atom. The summed E-state index contributed by atoms with van der Waals surface area (Å²) in [6, 6.07) is 21.6. The van der Waals surface area contributed by atoms with Crippen LogP contribution in [0.25, 0.3) is 40.3 Å². The van der Waals surface area contributed by atoms with Gasteiger partial charge in [-0.2, -0.15) is 0 Å². The second kappa shape index (κ2) is 8.32. The summed E-state index contributed by atoms with van der Waals surface area (Å²) in [6.07, 6.45) is 0. The van der Waals surface area contributed by atoms with Gasteiger partial charge in [0.05, 0.1) is 9.40 Å². The van der Waals surface area contributed by atoms with Gasteiger partial charge in [0.2, 0.25) is 0 Å². The number of phenols is 2. The van der Waals surface area contributed by atoms with E-state index in [9.17, 15) is 19.8 Å². The highest BCUT2D eigenvalue weighted by Gasteiger charge is 2.14. The van der Waals surface area contributed by atoms with E-state index in [-0.39, 0.29) is 22.4 Å². The van der Waals surface area contributed by atoms with Crippen molar-refractivity contribution in [3.63, 3.8) is 0 Å². The van der Waals surface area contributed by atoms with Crippen LogP contribution in [0.5, 0.6) is 11.5 Å². The van der Waals surface area contributed by atoms with E-state index in [0.29, 0.717) is 40.7 Å². The lowest BCUT2D eigenvalue weighted by Gasteiger charge is -2.08. The third-order valence-electron chi connectivity index (χ3n) is 5.50. The highest BCUT2D eigenvalue weighted by Crippen LogP contribution is 2.44. The summed E-state index contributed by atoms with van der Waals surface area (Å²) < 4.78 is 2.79. The summed E-state index contributed by atoms with van der Waals surface area (Å²) >= 11 is 2.78. The molecule has 0 amide bonds. The van der Waals surface area contributed by atoms with Crippen LogP contribution in [0.3, 0.4) is 0 Å². The Balaban J connectivity index is 1.40. The lowest BCUT2D eigenvalue weighted by Crippen LogP contribution is -2.01. The molecule has 4 nitrogen and oxygen atoms in total. The standard InChI is InChI=1S/C26H14O4S4/c27-19-11-13(9-17-23(29)15-5-1-3-7-21(15)31-25(17)19)33-34-14-10-18-24(30)16-6-2-4-8-22(16)32-26(18)20(28)12-14/h1-12,27-28H. The fraction of sp³-hybridized carbons (Fsp3) is 0. The van der Waals surface area contributed by atoms with Crippen LogP contribution in [0.2, 0.25) is 0 Å². The van der Waals surface area contributed by atoms with Crippen LogP contribution in [-0.4, -0.2) is 10.2 Å². The Hall–Kier alpha value is -3.04. The van der Waals surface area contributed by atoms with Crippen molar-refractivity contribution in [2.75, 3.05) is 0 Å². The van der Waals surface area contributed by atoms with Crippen LogP contribution in [0.4, 0.5) is 0 Å². The number of hydrogen-bond donors (Lipinski definition) is 2. The van der Waals surface area contributed by atoms with Gasteiger partial charge in [-0.15, -0.1) is 22.7 Å². The van der Waals surface area contributed by atoms with Crippen molar-refractivity contribution in [1.29, 1.82) is 0 Å². The van der Waals surface area contributed by atoms with E-state index in [0.717, 1.165) is 9.40 Å². The molecular weight excluding hydrogens is 505 g/mol. The Morgan fingerprint density at radius 1 is 0.559 bits per heavy atom. The lowest BCUT2D eigenvalue weighted by atomic mass is 10.2. The van der Waals surface area contributed by atoms with Crippen LogP contribution < -0.4 is 10.9 Å². The monoisotopic (exact) mass is 518 g/mol. The Kier molecular flexibility index (Phi) is 5.26. The molecule has 0 aliphatic rings.